The summed E-state index contributed by atoms with van der Waals surface area (Å²) < 4.78 is 27.0. The lowest BCUT2D eigenvalue weighted by Gasteiger charge is -2.30. The summed E-state index contributed by atoms with van der Waals surface area (Å²) in [6, 6.07) is 4.12. The van der Waals surface area contributed by atoms with Crippen molar-refractivity contribution in [1.29, 1.82) is 0 Å². The largest absolute Gasteiger partial charge is 0.379 e. The van der Waals surface area contributed by atoms with Crippen LogP contribution in [0.15, 0.2) is 23.1 Å². The predicted octanol–water partition coefficient (Wildman–Crippen LogP) is 3.23. The van der Waals surface area contributed by atoms with Crippen LogP contribution in [-0.4, -0.2) is 37.3 Å². The summed E-state index contributed by atoms with van der Waals surface area (Å²) in [4.78, 5) is 10.8. The highest BCUT2D eigenvalue weighted by Gasteiger charge is 2.30. The van der Waals surface area contributed by atoms with E-state index < -0.39 is 14.9 Å². The molecule has 1 heterocycles. The van der Waals surface area contributed by atoms with Gasteiger partial charge in [-0.1, -0.05) is 20.3 Å². The van der Waals surface area contributed by atoms with Crippen LogP contribution in [0.25, 0.3) is 0 Å². The van der Waals surface area contributed by atoms with Crippen molar-refractivity contribution in [3.05, 3.63) is 28.3 Å². The van der Waals surface area contributed by atoms with Gasteiger partial charge in [0.2, 0.25) is 10.0 Å². The summed E-state index contributed by atoms with van der Waals surface area (Å²) in [5.74, 6) is 0.304. The Kier molecular flexibility index (Phi) is 6.17. The van der Waals surface area contributed by atoms with Gasteiger partial charge in [-0.15, -0.1) is 0 Å². The van der Waals surface area contributed by atoms with Crippen molar-refractivity contribution in [3.8, 4) is 0 Å². The van der Waals surface area contributed by atoms with E-state index in [9.17, 15) is 18.5 Å². The summed E-state index contributed by atoms with van der Waals surface area (Å²) in [5.41, 5.74) is 0.164. The Hall–Kier alpha value is -1.67. The van der Waals surface area contributed by atoms with Crippen LogP contribution < -0.4 is 5.32 Å². The predicted molar refractivity (Wildman–Crippen MR) is 93.7 cm³/mol. The Labute approximate surface area is 143 Å². The van der Waals surface area contributed by atoms with Crippen molar-refractivity contribution in [3.63, 3.8) is 0 Å². The molecule has 1 atom stereocenters. The zero-order valence-electron chi connectivity index (χ0n) is 14.2. The molecule has 8 heteroatoms. The van der Waals surface area contributed by atoms with Crippen LogP contribution in [0.3, 0.4) is 0 Å². The molecule has 0 radical (unpaired) electrons. The highest BCUT2D eigenvalue weighted by molar-refractivity contribution is 7.89. The second-order valence-corrected chi connectivity index (χ2v) is 8.26. The minimum absolute atomic E-state index is 0.00987. The van der Waals surface area contributed by atoms with Gasteiger partial charge in [-0.25, -0.2) is 8.42 Å². The molecular formula is C16H25N3O4S. The van der Waals surface area contributed by atoms with Crippen molar-refractivity contribution < 1.29 is 13.3 Å². The average molecular weight is 355 g/mol. The summed E-state index contributed by atoms with van der Waals surface area (Å²) in [6.45, 7) is 5.60. The zero-order chi connectivity index (χ0) is 17.7. The fourth-order valence-corrected chi connectivity index (χ4v) is 4.50. The van der Waals surface area contributed by atoms with E-state index in [2.05, 4.69) is 5.32 Å². The Morgan fingerprint density at radius 1 is 1.42 bits per heavy atom. The van der Waals surface area contributed by atoms with Crippen LogP contribution >= 0.6 is 0 Å². The molecule has 0 bridgehead atoms. The van der Waals surface area contributed by atoms with Crippen LogP contribution in [0, 0.1) is 16.0 Å². The molecule has 1 aliphatic rings. The number of benzene rings is 1. The van der Waals surface area contributed by atoms with Crippen LogP contribution in [0.1, 0.15) is 39.5 Å². The first-order chi connectivity index (χ1) is 11.4. The Balaban J connectivity index is 2.29. The Bertz CT molecular complexity index is 691. The van der Waals surface area contributed by atoms with Gasteiger partial charge in [0.1, 0.15) is 5.69 Å². The maximum absolute atomic E-state index is 12.8. The molecule has 134 valence electrons. The number of anilines is 1. The van der Waals surface area contributed by atoms with Gasteiger partial charge in [0.25, 0.3) is 5.69 Å². The van der Waals surface area contributed by atoms with Crippen molar-refractivity contribution >= 4 is 21.4 Å². The van der Waals surface area contributed by atoms with E-state index in [0.717, 1.165) is 25.7 Å². The van der Waals surface area contributed by atoms with Gasteiger partial charge >= 0.3 is 0 Å². The molecule has 1 aromatic carbocycles. The molecule has 1 aliphatic heterocycles. The van der Waals surface area contributed by atoms with E-state index >= 15 is 0 Å². The number of rotatable bonds is 7. The van der Waals surface area contributed by atoms with Crippen LogP contribution in [-0.2, 0) is 10.0 Å². The number of nitro benzene ring substituents is 1. The van der Waals surface area contributed by atoms with Crippen LogP contribution in [0.2, 0.25) is 0 Å². The van der Waals surface area contributed by atoms with E-state index in [-0.39, 0.29) is 10.6 Å². The van der Waals surface area contributed by atoms with E-state index in [1.807, 2.05) is 13.8 Å². The molecule has 0 unspecified atom stereocenters. The third-order valence-electron chi connectivity index (χ3n) is 4.27. The summed E-state index contributed by atoms with van der Waals surface area (Å²) >= 11 is 0. The van der Waals surface area contributed by atoms with E-state index in [0.29, 0.717) is 31.2 Å². The number of nitrogens with one attached hydrogen (secondary N) is 1. The third kappa shape index (κ3) is 4.24. The van der Waals surface area contributed by atoms with Gasteiger partial charge in [0.15, 0.2) is 0 Å². The van der Waals surface area contributed by atoms with Gasteiger partial charge in [-0.3, -0.25) is 10.1 Å². The fourth-order valence-electron chi connectivity index (χ4n) is 2.89. The van der Waals surface area contributed by atoms with Gasteiger partial charge in [-0.2, -0.15) is 4.31 Å². The molecule has 0 aliphatic carbocycles. The number of nitro groups is 1. The number of hydrogen-bond acceptors (Lipinski definition) is 5. The molecule has 2 rings (SSSR count). The molecule has 24 heavy (non-hydrogen) atoms. The van der Waals surface area contributed by atoms with Crippen molar-refractivity contribution in [2.75, 3.05) is 25.0 Å². The van der Waals surface area contributed by atoms with Crippen molar-refractivity contribution in [2.45, 2.75) is 44.4 Å². The van der Waals surface area contributed by atoms with Gasteiger partial charge in [-0.05, 0) is 37.3 Å². The SMILES string of the molecule is CCCCNc1ccc(S(=O)(=O)N2CCC[C@H](C)C2)cc1[N+](=O)[O-]. The van der Waals surface area contributed by atoms with Crippen molar-refractivity contribution in [1.82, 2.24) is 4.31 Å². The quantitative estimate of drug-likeness (QED) is 0.460. The first kappa shape index (κ1) is 18.7. The number of hydrogen-bond donors (Lipinski definition) is 1. The molecule has 1 N–H and O–H groups in total. The minimum Gasteiger partial charge on any atom is -0.379 e. The standard InChI is InChI=1S/C16H25N3O4S/c1-3-4-9-17-15-8-7-14(11-16(15)19(20)21)24(22,23)18-10-5-6-13(2)12-18/h7-8,11,13,17H,3-6,9-10,12H2,1-2H3/t13-/m0/s1. The minimum atomic E-state index is -3.69. The molecule has 0 spiro atoms. The highest BCUT2D eigenvalue weighted by atomic mass is 32.2. The first-order valence-electron chi connectivity index (χ1n) is 8.38. The first-order valence-corrected chi connectivity index (χ1v) is 9.82. The molecule has 1 aromatic rings. The van der Waals surface area contributed by atoms with E-state index in [1.165, 1.54) is 22.5 Å². The average Bonchev–Trinajstić information content (AvgIpc) is 2.55. The van der Waals surface area contributed by atoms with E-state index in [4.69, 9.17) is 0 Å². The molecule has 1 saturated heterocycles. The maximum Gasteiger partial charge on any atom is 0.293 e. The fraction of sp³-hybridized carbons (Fsp3) is 0.625. The van der Waals surface area contributed by atoms with Crippen LogP contribution in [0.5, 0.6) is 0 Å². The smallest absolute Gasteiger partial charge is 0.293 e. The van der Waals surface area contributed by atoms with Gasteiger partial charge < -0.3 is 5.32 Å². The molecule has 0 saturated carbocycles. The lowest BCUT2D eigenvalue weighted by molar-refractivity contribution is -0.384. The lowest BCUT2D eigenvalue weighted by atomic mass is 10.0. The van der Waals surface area contributed by atoms with E-state index in [1.54, 1.807) is 0 Å². The molecule has 0 amide bonds. The monoisotopic (exact) mass is 355 g/mol. The molecule has 1 fully saturated rings. The molecule has 7 nitrogen and oxygen atoms in total. The highest BCUT2D eigenvalue weighted by Crippen LogP contribution is 2.30. The van der Waals surface area contributed by atoms with Crippen molar-refractivity contribution in [2.24, 2.45) is 5.92 Å². The summed E-state index contributed by atoms with van der Waals surface area (Å²) in [6.07, 6.45) is 3.69. The summed E-state index contributed by atoms with van der Waals surface area (Å²) in [7, 11) is -3.69. The van der Waals surface area contributed by atoms with Gasteiger partial charge in [0, 0.05) is 25.7 Å². The third-order valence-corrected chi connectivity index (χ3v) is 6.13. The number of nitrogens with zero attached hydrogens (tertiary/aromatic N) is 2. The Morgan fingerprint density at radius 2 is 2.17 bits per heavy atom. The second-order valence-electron chi connectivity index (χ2n) is 6.33. The molecule has 0 aromatic heterocycles. The number of unbranched alkanes of at least 4 members (excludes halogenated alkanes) is 1. The van der Waals surface area contributed by atoms with Crippen LogP contribution in [0.4, 0.5) is 11.4 Å². The Morgan fingerprint density at radius 3 is 2.79 bits per heavy atom. The maximum atomic E-state index is 12.8. The topological polar surface area (TPSA) is 92.6 Å². The molecular weight excluding hydrogens is 330 g/mol. The van der Waals surface area contributed by atoms with Gasteiger partial charge in [0.05, 0.1) is 9.82 Å². The second kappa shape index (κ2) is 7.94. The number of sulfonamides is 1. The normalized spacial score (nSPS) is 19.2. The number of piperidine rings is 1. The summed E-state index contributed by atoms with van der Waals surface area (Å²) in [5, 5.41) is 14.3. The zero-order valence-corrected chi connectivity index (χ0v) is 15.0. The lowest BCUT2D eigenvalue weighted by Crippen LogP contribution is -2.39.